The van der Waals surface area contributed by atoms with Crippen LogP contribution >= 0.6 is 0 Å². The first-order valence-electron chi connectivity index (χ1n) is 19.9. The fourth-order valence-corrected chi connectivity index (χ4v) is 16.4. The second-order valence-electron chi connectivity index (χ2n) is 15.0. The predicted molar refractivity (Wildman–Crippen MR) is 243 cm³/mol. The van der Waals surface area contributed by atoms with E-state index < -0.39 is 22.0 Å². The lowest BCUT2D eigenvalue weighted by Crippen LogP contribution is -2.71. The smallest absolute Gasteiger partial charge is 0.288 e. The second kappa shape index (κ2) is 17.9. The van der Waals surface area contributed by atoms with Gasteiger partial charge in [0.25, 0.3) is 16.6 Å². The molecule has 0 bridgehead atoms. The van der Waals surface area contributed by atoms with Crippen molar-refractivity contribution < 1.29 is 8.85 Å². The summed E-state index contributed by atoms with van der Waals surface area (Å²) in [7, 11) is -6.16. The Morgan fingerprint density at radius 3 is 0.667 bits per heavy atom. The van der Waals surface area contributed by atoms with Crippen molar-refractivity contribution in [1.82, 2.24) is 0 Å². The number of rotatable bonds is 16. The van der Waals surface area contributed by atoms with Crippen LogP contribution in [0.5, 0.6) is 0 Å². The molecule has 0 unspecified atom stereocenters. The van der Waals surface area contributed by atoms with Crippen LogP contribution in [-0.4, -0.2) is 29.8 Å². The highest BCUT2D eigenvalue weighted by molar-refractivity contribution is 7.07. The molecular formula is C53H48O2Si2. The van der Waals surface area contributed by atoms with Gasteiger partial charge in [0.2, 0.25) is 0 Å². The molecule has 8 aromatic carbocycles. The molecule has 0 aliphatic heterocycles. The molecule has 8 rings (SSSR count). The summed E-state index contributed by atoms with van der Waals surface area (Å²) in [6.45, 7) is 0.953. The van der Waals surface area contributed by atoms with Crippen LogP contribution < -0.4 is 31.1 Å². The van der Waals surface area contributed by atoms with E-state index in [9.17, 15) is 0 Å². The summed E-state index contributed by atoms with van der Waals surface area (Å²) in [6.07, 6.45) is 1.54. The van der Waals surface area contributed by atoms with Crippen LogP contribution in [0, 0.1) is 5.41 Å². The largest absolute Gasteiger partial charge is 0.404 e. The summed E-state index contributed by atoms with van der Waals surface area (Å²) < 4.78 is 15.9. The van der Waals surface area contributed by atoms with E-state index in [0.29, 0.717) is 13.2 Å². The van der Waals surface area contributed by atoms with E-state index in [1.54, 1.807) is 0 Å². The zero-order chi connectivity index (χ0) is 38.6. The zero-order valence-corrected chi connectivity index (χ0v) is 34.2. The molecule has 0 heterocycles. The molecule has 2 nitrogen and oxygen atoms in total. The Morgan fingerprint density at radius 2 is 0.456 bits per heavy atom. The van der Waals surface area contributed by atoms with Gasteiger partial charge in [-0.2, -0.15) is 0 Å². The van der Waals surface area contributed by atoms with Gasteiger partial charge in [0, 0.05) is 18.6 Å². The van der Waals surface area contributed by atoms with Crippen LogP contribution in [0.25, 0.3) is 0 Å². The predicted octanol–water partition coefficient (Wildman–Crippen LogP) is 7.83. The highest BCUT2D eigenvalue weighted by atomic mass is 28.4. The van der Waals surface area contributed by atoms with Gasteiger partial charge in [-0.3, -0.25) is 0 Å². The normalized spacial score (nSPS) is 11.9. The lowest BCUT2D eigenvalue weighted by molar-refractivity contribution is 0.0760. The number of hydrogen-bond donors (Lipinski definition) is 0. The maximum absolute atomic E-state index is 7.95. The van der Waals surface area contributed by atoms with Crippen LogP contribution in [0.15, 0.2) is 243 Å². The Hall–Kier alpha value is -5.89. The summed E-state index contributed by atoms with van der Waals surface area (Å²) >= 11 is 0. The fourth-order valence-electron chi connectivity index (χ4n) is 8.43. The molecule has 8 aromatic rings. The van der Waals surface area contributed by atoms with Gasteiger partial charge in [0.1, 0.15) is 0 Å². The molecule has 0 amide bonds. The molecule has 0 spiro atoms. The monoisotopic (exact) mass is 772 g/mol. The molecule has 280 valence electrons. The van der Waals surface area contributed by atoms with Crippen LogP contribution in [-0.2, 0) is 21.7 Å². The topological polar surface area (TPSA) is 18.5 Å². The first-order chi connectivity index (χ1) is 28.2. The highest BCUT2D eigenvalue weighted by Crippen LogP contribution is 2.32. The van der Waals surface area contributed by atoms with Gasteiger partial charge in [0.15, 0.2) is 0 Å². The first-order valence-corrected chi connectivity index (χ1v) is 23.7. The van der Waals surface area contributed by atoms with E-state index in [0.717, 1.165) is 12.8 Å². The molecule has 0 radical (unpaired) electrons. The molecular weight excluding hydrogens is 725 g/mol. The molecule has 0 aromatic heterocycles. The molecule has 57 heavy (non-hydrogen) atoms. The minimum atomic E-state index is -3.08. The molecule has 4 heteroatoms. The summed E-state index contributed by atoms with van der Waals surface area (Å²) in [4.78, 5) is 0. The fraction of sp³-hybridized carbons (Fsp3) is 0.0943. The number of hydrogen-bond acceptors (Lipinski definition) is 2. The van der Waals surface area contributed by atoms with Gasteiger partial charge in [-0.1, -0.05) is 243 Å². The third kappa shape index (κ3) is 8.32. The summed E-state index contributed by atoms with van der Waals surface area (Å²) in [5.41, 5.74) is 2.05. The van der Waals surface area contributed by atoms with Crippen molar-refractivity contribution in [1.29, 1.82) is 0 Å². The molecule has 0 aliphatic carbocycles. The van der Waals surface area contributed by atoms with E-state index in [1.807, 2.05) is 0 Å². The Balaban J connectivity index is 1.33. The molecule has 0 atom stereocenters. The van der Waals surface area contributed by atoms with Crippen LogP contribution in [0.1, 0.15) is 11.1 Å². The quantitative estimate of drug-likeness (QED) is 0.0737. The van der Waals surface area contributed by atoms with Crippen LogP contribution in [0.3, 0.4) is 0 Å². The Kier molecular flexibility index (Phi) is 12.0. The molecule has 0 aliphatic rings. The molecule has 0 fully saturated rings. The Bertz CT molecular complexity index is 2010. The lowest BCUT2D eigenvalue weighted by atomic mass is 9.78. The number of benzene rings is 8. The Morgan fingerprint density at radius 1 is 0.263 bits per heavy atom. The van der Waals surface area contributed by atoms with E-state index in [2.05, 4.69) is 243 Å². The SMILES string of the molecule is c1ccc(CC(CO[Si](c2ccccc2)(c2ccccc2)c2ccccc2)(CO[Si](c2ccccc2)(c2ccccc2)c2ccccc2)Cc2ccccc2)cc1. The molecule has 0 saturated heterocycles. The molecule has 0 N–H and O–H groups in total. The maximum atomic E-state index is 7.95. The van der Waals surface area contributed by atoms with Crippen molar-refractivity contribution in [2.45, 2.75) is 12.8 Å². The molecule has 0 saturated carbocycles. The maximum Gasteiger partial charge on any atom is 0.288 e. The average molecular weight is 773 g/mol. The van der Waals surface area contributed by atoms with Crippen molar-refractivity contribution >= 4 is 47.8 Å². The highest BCUT2D eigenvalue weighted by Gasteiger charge is 2.48. The van der Waals surface area contributed by atoms with E-state index in [-0.39, 0.29) is 0 Å². The van der Waals surface area contributed by atoms with Gasteiger partial charge in [-0.05, 0) is 55.1 Å². The van der Waals surface area contributed by atoms with Gasteiger partial charge in [-0.25, -0.2) is 0 Å². The van der Waals surface area contributed by atoms with E-state index in [4.69, 9.17) is 8.85 Å². The van der Waals surface area contributed by atoms with Crippen molar-refractivity contribution in [3.05, 3.63) is 254 Å². The minimum Gasteiger partial charge on any atom is -0.404 e. The van der Waals surface area contributed by atoms with Crippen LogP contribution in [0.2, 0.25) is 0 Å². The standard InChI is InChI=1S/C53H48O2Si2/c1-9-25-45(26-10-1)41-53(42-46-27-11-2-12-28-46,43-54-56(47-29-13-3-14-30-47,48-31-15-4-16-32-48)49-33-17-5-18-34-49)44-55-57(50-35-19-6-20-36-50,51-37-21-7-22-38-51)52-39-23-8-24-40-52/h1-40H,41-44H2. The van der Waals surface area contributed by atoms with Gasteiger partial charge in [-0.15, -0.1) is 0 Å². The van der Waals surface area contributed by atoms with Crippen molar-refractivity contribution in [3.63, 3.8) is 0 Å². The average Bonchev–Trinajstić information content (AvgIpc) is 3.30. The van der Waals surface area contributed by atoms with E-state index in [1.165, 1.54) is 42.2 Å². The van der Waals surface area contributed by atoms with Crippen molar-refractivity contribution in [2.75, 3.05) is 13.2 Å². The lowest BCUT2D eigenvalue weighted by Gasteiger charge is -2.43. The first kappa shape index (κ1) is 38.0. The van der Waals surface area contributed by atoms with Gasteiger partial charge >= 0.3 is 0 Å². The van der Waals surface area contributed by atoms with Crippen molar-refractivity contribution in [3.8, 4) is 0 Å². The van der Waals surface area contributed by atoms with Crippen LogP contribution in [0.4, 0.5) is 0 Å². The van der Waals surface area contributed by atoms with Gasteiger partial charge < -0.3 is 8.85 Å². The van der Waals surface area contributed by atoms with E-state index >= 15 is 0 Å². The third-order valence-corrected chi connectivity index (χ3v) is 19.1. The second-order valence-corrected chi connectivity index (χ2v) is 21.7. The summed E-state index contributed by atoms with van der Waals surface area (Å²) in [5.74, 6) is 0. The van der Waals surface area contributed by atoms with Crippen molar-refractivity contribution in [2.24, 2.45) is 5.41 Å². The zero-order valence-electron chi connectivity index (χ0n) is 32.2. The summed E-state index contributed by atoms with van der Waals surface area (Å²) in [5, 5.41) is 7.32. The Labute approximate surface area is 340 Å². The summed E-state index contributed by atoms with van der Waals surface area (Å²) in [6, 6.07) is 87.4. The van der Waals surface area contributed by atoms with Gasteiger partial charge in [0.05, 0.1) is 0 Å². The minimum absolute atomic E-state index is 0.476. The third-order valence-electron chi connectivity index (χ3n) is 11.1.